The van der Waals surface area contributed by atoms with E-state index in [4.69, 9.17) is 0 Å². The van der Waals surface area contributed by atoms with Crippen molar-refractivity contribution in [3.8, 4) is 11.5 Å². The van der Waals surface area contributed by atoms with Crippen LogP contribution in [0, 0.1) is 0 Å². The standard InChI is InChI=1S/C5H4N6/c1-2-6-3-7-4(1)5-8-10-11-9-5/h1-3H,(H,8,9,10,11). The van der Waals surface area contributed by atoms with Crippen LogP contribution in [0.1, 0.15) is 0 Å². The largest absolute Gasteiger partial charge is 0.245 e. The normalized spacial score (nSPS) is 9.82. The third kappa shape index (κ3) is 1.05. The van der Waals surface area contributed by atoms with E-state index in [1.807, 2.05) is 0 Å². The summed E-state index contributed by atoms with van der Waals surface area (Å²) in [7, 11) is 0. The molecule has 0 fully saturated rings. The van der Waals surface area contributed by atoms with Gasteiger partial charge < -0.3 is 0 Å². The van der Waals surface area contributed by atoms with Gasteiger partial charge in [0.05, 0.1) is 0 Å². The molecule has 0 atom stereocenters. The lowest BCUT2D eigenvalue weighted by atomic mass is 10.4. The van der Waals surface area contributed by atoms with Crippen molar-refractivity contribution in [1.82, 2.24) is 30.6 Å². The molecule has 0 spiro atoms. The highest BCUT2D eigenvalue weighted by Gasteiger charge is 1.99. The Hall–Kier alpha value is -1.85. The van der Waals surface area contributed by atoms with Crippen molar-refractivity contribution in [3.05, 3.63) is 18.6 Å². The number of hydrogen-bond donors (Lipinski definition) is 1. The molecule has 11 heavy (non-hydrogen) atoms. The molecule has 2 heterocycles. The summed E-state index contributed by atoms with van der Waals surface area (Å²) in [6.45, 7) is 0. The van der Waals surface area contributed by atoms with E-state index in [0.717, 1.165) is 0 Å². The highest BCUT2D eigenvalue weighted by atomic mass is 15.5. The van der Waals surface area contributed by atoms with Gasteiger partial charge in [-0.25, -0.2) is 15.1 Å². The highest BCUT2D eigenvalue weighted by molar-refractivity contribution is 5.45. The van der Waals surface area contributed by atoms with Crippen LogP contribution in [0.3, 0.4) is 0 Å². The molecular weight excluding hydrogens is 144 g/mol. The molecule has 0 saturated heterocycles. The zero-order valence-electron chi connectivity index (χ0n) is 5.47. The zero-order chi connectivity index (χ0) is 7.52. The fourth-order valence-electron chi connectivity index (χ4n) is 0.698. The number of nitrogens with zero attached hydrogens (tertiary/aromatic N) is 5. The zero-order valence-corrected chi connectivity index (χ0v) is 5.47. The average Bonchev–Trinajstić information content (AvgIpc) is 2.58. The Labute approximate surface area is 61.7 Å². The Morgan fingerprint density at radius 3 is 3.00 bits per heavy atom. The average molecular weight is 148 g/mol. The Kier molecular flexibility index (Phi) is 1.29. The number of tetrazole rings is 1. The number of rotatable bonds is 1. The van der Waals surface area contributed by atoms with Crippen molar-refractivity contribution in [2.75, 3.05) is 0 Å². The van der Waals surface area contributed by atoms with Gasteiger partial charge in [0.2, 0.25) is 0 Å². The molecule has 0 aliphatic heterocycles. The quantitative estimate of drug-likeness (QED) is 0.598. The third-order valence-electron chi connectivity index (χ3n) is 1.17. The summed E-state index contributed by atoms with van der Waals surface area (Å²) in [4.78, 5) is 7.70. The first-order valence-corrected chi connectivity index (χ1v) is 2.97. The van der Waals surface area contributed by atoms with E-state index in [2.05, 4.69) is 30.6 Å². The molecule has 0 aliphatic rings. The second kappa shape index (κ2) is 2.41. The first-order chi connectivity index (χ1) is 5.47. The van der Waals surface area contributed by atoms with E-state index in [1.54, 1.807) is 12.3 Å². The summed E-state index contributed by atoms with van der Waals surface area (Å²) in [5.41, 5.74) is 0.685. The minimum absolute atomic E-state index is 0.549. The molecule has 6 nitrogen and oxygen atoms in total. The highest BCUT2D eigenvalue weighted by Crippen LogP contribution is 2.04. The molecule has 2 aromatic rings. The van der Waals surface area contributed by atoms with E-state index in [1.165, 1.54) is 6.33 Å². The van der Waals surface area contributed by atoms with E-state index >= 15 is 0 Å². The van der Waals surface area contributed by atoms with Crippen molar-refractivity contribution in [3.63, 3.8) is 0 Å². The van der Waals surface area contributed by atoms with Crippen molar-refractivity contribution < 1.29 is 0 Å². The first-order valence-electron chi connectivity index (χ1n) is 2.97. The van der Waals surface area contributed by atoms with Crippen LogP contribution in [0.15, 0.2) is 18.6 Å². The van der Waals surface area contributed by atoms with Crippen LogP contribution in [0.5, 0.6) is 0 Å². The van der Waals surface area contributed by atoms with Gasteiger partial charge in [0.1, 0.15) is 12.0 Å². The summed E-state index contributed by atoms with van der Waals surface area (Å²) in [5, 5.41) is 13.1. The summed E-state index contributed by atoms with van der Waals surface area (Å²) >= 11 is 0. The summed E-state index contributed by atoms with van der Waals surface area (Å²) in [5.74, 6) is 0.549. The number of aromatic nitrogens is 6. The van der Waals surface area contributed by atoms with Crippen molar-refractivity contribution in [1.29, 1.82) is 0 Å². The monoisotopic (exact) mass is 148 g/mol. The van der Waals surface area contributed by atoms with Crippen molar-refractivity contribution in [2.45, 2.75) is 0 Å². The van der Waals surface area contributed by atoms with Crippen LogP contribution < -0.4 is 0 Å². The third-order valence-corrected chi connectivity index (χ3v) is 1.17. The number of hydrogen-bond acceptors (Lipinski definition) is 5. The number of H-pyrrole nitrogens is 1. The van der Waals surface area contributed by atoms with Gasteiger partial charge in [0.25, 0.3) is 0 Å². The SMILES string of the molecule is c1cc(-c2nnn[nH]2)ncn1. The van der Waals surface area contributed by atoms with Crippen molar-refractivity contribution in [2.24, 2.45) is 0 Å². The van der Waals surface area contributed by atoms with Crippen LogP contribution in [0.2, 0.25) is 0 Å². The molecule has 0 aromatic carbocycles. The maximum atomic E-state index is 3.94. The summed E-state index contributed by atoms with van der Waals surface area (Å²) in [6.07, 6.45) is 3.07. The van der Waals surface area contributed by atoms with Crippen LogP contribution in [-0.4, -0.2) is 30.6 Å². The summed E-state index contributed by atoms with van der Waals surface area (Å²) < 4.78 is 0. The van der Waals surface area contributed by atoms with Gasteiger partial charge in [-0.05, 0) is 16.5 Å². The molecule has 0 radical (unpaired) electrons. The second-order valence-corrected chi connectivity index (χ2v) is 1.84. The predicted octanol–water partition coefficient (Wildman–Crippen LogP) is -0.343. The predicted molar refractivity (Wildman–Crippen MR) is 35.2 cm³/mol. The molecule has 0 saturated carbocycles. The molecule has 0 aliphatic carbocycles. The second-order valence-electron chi connectivity index (χ2n) is 1.84. The maximum absolute atomic E-state index is 3.94. The Balaban J connectivity index is 2.46. The smallest absolute Gasteiger partial charge is 0.198 e. The maximum Gasteiger partial charge on any atom is 0.198 e. The molecule has 2 aromatic heterocycles. The number of aromatic amines is 1. The van der Waals surface area contributed by atoms with Crippen LogP contribution >= 0.6 is 0 Å². The lowest BCUT2D eigenvalue weighted by molar-refractivity contribution is 0.881. The van der Waals surface area contributed by atoms with E-state index in [0.29, 0.717) is 11.5 Å². The topological polar surface area (TPSA) is 80.2 Å². The molecule has 54 valence electrons. The Morgan fingerprint density at radius 1 is 1.36 bits per heavy atom. The van der Waals surface area contributed by atoms with Crippen LogP contribution in [0.4, 0.5) is 0 Å². The molecule has 0 amide bonds. The molecule has 0 bridgehead atoms. The molecule has 6 heteroatoms. The summed E-state index contributed by atoms with van der Waals surface area (Å²) in [6, 6.07) is 1.72. The molecular formula is C5H4N6. The van der Waals surface area contributed by atoms with E-state index in [9.17, 15) is 0 Å². The molecule has 1 N–H and O–H groups in total. The first kappa shape index (κ1) is 5.90. The fourth-order valence-corrected chi connectivity index (χ4v) is 0.698. The van der Waals surface area contributed by atoms with Crippen LogP contribution in [-0.2, 0) is 0 Å². The fraction of sp³-hybridized carbons (Fsp3) is 0. The molecule has 0 unspecified atom stereocenters. The minimum Gasteiger partial charge on any atom is -0.245 e. The van der Waals surface area contributed by atoms with E-state index < -0.39 is 0 Å². The van der Waals surface area contributed by atoms with Gasteiger partial charge >= 0.3 is 0 Å². The Bertz CT molecular complexity index is 314. The van der Waals surface area contributed by atoms with Gasteiger partial charge in [-0.1, -0.05) is 0 Å². The minimum atomic E-state index is 0.549. The van der Waals surface area contributed by atoms with Gasteiger partial charge in [0.15, 0.2) is 5.82 Å². The van der Waals surface area contributed by atoms with Crippen molar-refractivity contribution >= 4 is 0 Å². The lowest BCUT2D eigenvalue weighted by Gasteiger charge is -1.88. The van der Waals surface area contributed by atoms with Gasteiger partial charge in [-0.15, -0.1) is 5.10 Å². The Morgan fingerprint density at radius 2 is 2.36 bits per heavy atom. The lowest BCUT2D eigenvalue weighted by Crippen LogP contribution is -1.85. The van der Waals surface area contributed by atoms with Gasteiger partial charge in [-0.2, -0.15) is 0 Å². The van der Waals surface area contributed by atoms with E-state index in [-0.39, 0.29) is 0 Å². The van der Waals surface area contributed by atoms with Gasteiger partial charge in [-0.3, -0.25) is 0 Å². The molecule has 2 rings (SSSR count). The van der Waals surface area contributed by atoms with Gasteiger partial charge in [0, 0.05) is 6.20 Å². The van der Waals surface area contributed by atoms with Crippen LogP contribution in [0.25, 0.3) is 11.5 Å². The number of nitrogens with one attached hydrogen (secondary N) is 1.